The number of rotatable bonds is 5. The van der Waals surface area contributed by atoms with E-state index in [-0.39, 0.29) is 11.9 Å². The van der Waals surface area contributed by atoms with Crippen LogP contribution in [-0.4, -0.2) is 49.6 Å². The maximum Gasteiger partial charge on any atom is 0.253 e. The minimum absolute atomic E-state index is 0.0742. The zero-order chi connectivity index (χ0) is 16.9. The van der Waals surface area contributed by atoms with Gasteiger partial charge < -0.3 is 15.1 Å². The molecule has 1 aromatic rings. The summed E-state index contributed by atoms with van der Waals surface area (Å²) in [7, 11) is 0. The Morgan fingerprint density at radius 3 is 2.46 bits per heavy atom. The second-order valence-electron chi connectivity index (χ2n) is 7.45. The van der Waals surface area contributed by atoms with Crippen molar-refractivity contribution in [3.8, 4) is 0 Å². The van der Waals surface area contributed by atoms with Crippen LogP contribution in [0.25, 0.3) is 0 Å². The molecule has 0 bridgehead atoms. The van der Waals surface area contributed by atoms with Gasteiger partial charge in [0, 0.05) is 31.4 Å². The lowest BCUT2D eigenvalue weighted by molar-refractivity contribution is 0.0926. The lowest BCUT2D eigenvalue weighted by Crippen LogP contribution is -2.44. The van der Waals surface area contributed by atoms with Gasteiger partial charge >= 0.3 is 0 Å². The Balaban J connectivity index is 1.66. The molecule has 1 amide bonds. The smallest absolute Gasteiger partial charge is 0.253 e. The van der Waals surface area contributed by atoms with Crippen LogP contribution in [0.2, 0.25) is 0 Å². The van der Waals surface area contributed by atoms with Crippen LogP contribution < -0.4 is 10.2 Å². The molecule has 2 heterocycles. The zero-order valence-electron chi connectivity index (χ0n) is 15.2. The van der Waals surface area contributed by atoms with Crippen LogP contribution in [0.5, 0.6) is 0 Å². The Kier molecular flexibility index (Phi) is 5.77. The number of nitrogens with one attached hydrogen (secondary N) is 1. The third-order valence-corrected chi connectivity index (χ3v) is 5.20. The SMILES string of the molecule is Cc1ccc(N2CCCC2)c(C(=O)NC(C)CN2CCCCC2)c1. The molecule has 1 unspecified atom stereocenters. The number of carbonyl (C=O) groups is 1. The van der Waals surface area contributed by atoms with Crippen molar-refractivity contribution < 1.29 is 4.79 Å². The van der Waals surface area contributed by atoms with E-state index < -0.39 is 0 Å². The maximum atomic E-state index is 12.9. The van der Waals surface area contributed by atoms with Gasteiger partial charge in [-0.3, -0.25) is 4.79 Å². The molecule has 3 rings (SSSR count). The molecule has 0 aliphatic carbocycles. The summed E-state index contributed by atoms with van der Waals surface area (Å²) in [6, 6.07) is 6.45. The molecule has 4 nitrogen and oxygen atoms in total. The highest BCUT2D eigenvalue weighted by Gasteiger charge is 2.21. The third-order valence-electron chi connectivity index (χ3n) is 5.20. The first kappa shape index (κ1) is 17.3. The molecule has 1 N–H and O–H groups in total. The fourth-order valence-electron chi connectivity index (χ4n) is 3.94. The third kappa shape index (κ3) is 4.29. The summed E-state index contributed by atoms with van der Waals surface area (Å²) in [6.45, 7) is 9.60. The Morgan fingerprint density at radius 1 is 1.08 bits per heavy atom. The minimum Gasteiger partial charge on any atom is -0.371 e. The number of hydrogen-bond donors (Lipinski definition) is 1. The van der Waals surface area contributed by atoms with Crippen molar-refractivity contribution in [2.24, 2.45) is 0 Å². The summed E-state index contributed by atoms with van der Waals surface area (Å²) in [4.78, 5) is 17.7. The van der Waals surface area contributed by atoms with E-state index in [0.717, 1.165) is 36.4 Å². The monoisotopic (exact) mass is 329 g/mol. The number of amides is 1. The van der Waals surface area contributed by atoms with E-state index in [1.165, 1.54) is 45.2 Å². The van der Waals surface area contributed by atoms with Crippen LogP contribution in [0, 0.1) is 6.92 Å². The van der Waals surface area contributed by atoms with Gasteiger partial charge in [0.05, 0.1) is 5.56 Å². The van der Waals surface area contributed by atoms with Crippen molar-refractivity contribution >= 4 is 11.6 Å². The second-order valence-corrected chi connectivity index (χ2v) is 7.45. The fourth-order valence-corrected chi connectivity index (χ4v) is 3.94. The highest BCUT2D eigenvalue weighted by atomic mass is 16.1. The van der Waals surface area contributed by atoms with Crippen LogP contribution in [0.1, 0.15) is 54.9 Å². The van der Waals surface area contributed by atoms with Gasteiger partial charge in [-0.15, -0.1) is 0 Å². The normalized spacial score (nSPS) is 20.2. The average Bonchev–Trinajstić information content (AvgIpc) is 3.10. The van der Waals surface area contributed by atoms with E-state index in [2.05, 4.69) is 41.1 Å². The summed E-state index contributed by atoms with van der Waals surface area (Å²) in [5.74, 6) is 0.0742. The largest absolute Gasteiger partial charge is 0.371 e. The predicted octanol–water partition coefficient (Wildman–Crippen LogP) is 3.20. The molecular weight excluding hydrogens is 298 g/mol. The van der Waals surface area contributed by atoms with Crippen molar-refractivity contribution in [3.05, 3.63) is 29.3 Å². The van der Waals surface area contributed by atoms with Gasteiger partial charge in [-0.1, -0.05) is 18.1 Å². The van der Waals surface area contributed by atoms with E-state index in [0.29, 0.717) is 0 Å². The maximum absolute atomic E-state index is 12.9. The summed E-state index contributed by atoms with van der Waals surface area (Å²) in [5.41, 5.74) is 3.08. The topological polar surface area (TPSA) is 35.6 Å². The molecule has 1 aromatic carbocycles. The number of anilines is 1. The van der Waals surface area contributed by atoms with E-state index in [1.54, 1.807) is 0 Å². The molecule has 0 saturated carbocycles. The molecular formula is C20H31N3O. The molecule has 132 valence electrons. The van der Waals surface area contributed by atoms with E-state index in [1.807, 2.05) is 6.07 Å². The van der Waals surface area contributed by atoms with Crippen molar-refractivity contribution in [3.63, 3.8) is 0 Å². The quantitative estimate of drug-likeness (QED) is 0.901. The predicted molar refractivity (Wildman–Crippen MR) is 99.8 cm³/mol. The first-order valence-corrected chi connectivity index (χ1v) is 9.52. The van der Waals surface area contributed by atoms with Crippen molar-refractivity contribution in [1.29, 1.82) is 0 Å². The fraction of sp³-hybridized carbons (Fsp3) is 0.650. The van der Waals surface area contributed by atoms with Crippen LogP contribution in [0.4, 0.5) is 5.69 Å². The highest BCUT2D eigenvalue weighted by molar-refractivity contribution is 6.00. The average molecular weight is 329 g/mol. The second kappa shape index (κ2) is 8.02. The van der Waals surface area contributed by atoms with Crippen LogP contribution in [0.3, 0.4) is 0 Å². The molecule has 2 aliphatic rings. The van der Waals surface area contributed by atoms with E-state index in [9.17, 15) is 4.79 Å². The van der Waals surface area contributed by atoms with Gasteiger partial charge in [0.15, 0.2) is 0 Å². The zero-order valence-corrected chi connectivity index (χ0v) is 15.2. The number of aryl methyl sites for hydroxylation is 1. The summed E-state index contributed by atoms with van der Waals surface area (Å²) >= 11 is 0. The number of benzene rings is 1. The molecule has 1 atom stereocenters. The first-order valence-electron chi connectivity index (χ1n) is 9.52. The number of hydrogen-bond acceptors (Lipinski definition) is 3. The first-order chi connectivity index (χ1) is 11.6. The number of likely N-dealkylation sites (tertiary alicyclic amines) is 1. The molecule has 24 heavy (non-hydrogen) atoms. The Labute approximate surface area is 146 Å². The Hall–Kier alpha value is -1.55. The highest BCUT2D eigenvalue weighted by Crippen LogP contribution is 2.25. The molecule has 0 aromatic heterocycles. The van der Waals surface area contributed by atoms with Crippen LogP contribution >= 0.6 is 0 Å². The Bertz CT molecular complexity index is 560. The van der Waals surface area contributed by atoms with E-state index >= 15 is 0 Å². The molecule has 2 fully saturated rings. The van der Waals surface area contributed by atoms with Crippen molar-refractivity contribution in [2.75, 3.05) is 37.6 Å². The molecule has 4 heteroatoms. The summed E-state index contributed by atoms with van der Waals surface area (Å²) in [5, 5.41) is 3.23. The molecule has 0 spiro atoms. The minimum atomic E-state index is 0.0742. The number of piperidine rings is 1. The standard InChI is InChI=1S/C20H31N3O/c1-16-8-9-19(23-12-6-7-13-23)18(14-16)20(24)21-17(2)15-22-10-4-3-5-11-22/h8-9,14,17H,3-7,10-13,15H2,1-2H3,(H,21,24). The van der Waals surface area contributed by atoms with Crippen LogP contribution in [-0.2, 0) is 0 Å². The summed E-state index contributed by atoms with van der Waals surface area (Å²) in [6.07, 6.45) is 6.37. The van der Waals surface area contributed by atoms with Gasteiger partial charge in [0.1, 0.15) is 0 Å². The molecule has 2 aliphatic heterocycles. The lowest BCUT2D eigenvalue weighted by atomic mass is 10.1. The van der Waals surface area contributed by atoms with Gasteiger partial charge in [-0.05, 0) is 64.8 Å². The van der Waals surface area contributed by atoms with Gasteiger partial charge in [0.2, 0.25) is 0 Å². The van der Waals surface area contributed by atoms with Gasteiger partial charge in [-0.25, -0.2) is 0 Å². The van der Waals surface area contributed by atoms with Crippen molar-refractivity contribution in [1.82, 2.24) is 10.2 Å². The van der Waals surface area contributed by atoms with Crippen LogP contribution in [0.15, 0.2) is 18.2 Å². The van der Waals surface area contributed by atoms with E-state index in [4.69, 9.17) is 0 Å². The lowest BCUT2D eigenvalue weighted by Gasteiger charge is -2.29. The van der Waals surface area contributed by atoms with Gasteiger partial charge in [-0.2, -0.15) is 0 Å². The van der Waals surface area contributed by atoms with Gasteiger partial charge in [0.25, 0.3) is 5.91 Å². The molecule has 0 radical (unpaired) electrons. The summed E-state index contributed by atoms with van der Waals surface area (Å²) < 4.78 is 0. The van der Waals surface area contributed by atoms with Crippen molar-refractivity contribution in [2.45, 2.75) is 52.0 Å². The molecule has 2 saturated heterocycles. The number of carbonyl (C=O) groups excluding carboxylic acids is 1. The number of nitrogens with zero attached hydrogens (tertiary/aromatic N) is 2. The Morgan fingerprint density at radius 2 is 1.75 bits per heavy atom.